The first-order valence-electron chi connectivity index (χ1n) is 14.1. The second kappa shape index (κ2) is 9.62. The normalized spacial score (nSPS) is 21.3. The number of rotatable bonds is 5. The fourth-order valence-electron chi connectivity index (χ4n) is 7.20. The maximum Gasteiger partial charge on any atom is 0.185 e. The number of fused-ring (bicyclic) bond motifs is 5. The Kier molecular flexibility index (Phi) is 5.98. The molecule has 0 aromatic heterocycles. The first-order chi connectivity index (χ1) is 20.4. The van der Waals surface area contributed by atoms with E-state index in [1.54, 1.807) is 54.6 Å². The van der Waals surface area contributed by atoms with Crippen molar-refractivity contribution in [2.24, 2.45) is 5.41 Å². The van der Waals surface area contributed by atoms with Crippen LogP contribution in [0.1, 0.15) is 60.6 Å². The second-order valence-electron chi connectivity index (χ2n) is 11.1. The Labute approximate surface area is 243 Å². The molecule has 4 aromatic rings. The minimum atomic E-state index is -1.65. The molecule has 42 heavy (non-hydrogen) atoms. The maximum absolute atomic E-state index is 14.8. The molecule has 3 atom stereocenters. The smallest absolute Gasteiger partial charge is 0.185 e. The molecular weight excluding hydrogens is 529 g/mol. The molecule has 4 aromatic carbocycles. The van der Waals surface area contributed by atoms with E-state index in [9.17, 15) is 18.8 Å². The number of aryl methyl sites for hydroxylation is 1. The van der Waals surface area contributed by atoms with E-state index >= 15 is 0 Å². The van der Waals surface area contributed by atoms with Gasteiger partial charge >= 0.3 is 0 Å². The van der Waals surface area contributed by atoms with Crippen LogP contribution in [-0.2, 0) is 0 Å². The highest BCUT2D eigenvalue weighted by Crippen LogP contribution is 2.62. The summed E-state index contributed by atoms with van der Waals surface area (Å²) in [5.41, 5.74) is 2.32. The molecule has 1 aliphatic carbocycles. The van der Waals surface area contributed by atoms with Crippen LogP contribution in [0.2, 0.25) is 0 Å². The van der Waals surface area contributed by atoms with Crippen molar-refractivity contribution in [3.05, 3.63) is 136 Å². The fourth-order valence-corrected chi connectivity index (χ4v) is 7.20. The molecule has 0 bridgehead atoms. The molecule has 1 saturated heterocycles. The molecule has 2 heterocycles. The number of anilines is 1. The number of Topliss-reactive ketones (excluding diaryl/α,β-unsaturated/α-hetero) is 3. The molecule has 208 valence electrons. The molecule has 0 radical (unpaired) electrons. The summed E-state index contributed by atoms with van der Waals surface area (Å²) in [6, 6.07) is 24.2. The number of benzene rings is 4. The zero-order valence-corrected chi connectivity index (χ0v) is 23.2. The molecule has 0 saturated carbocycles. The van der Waals surface area contributed by atoms with Crippen LogP contribution in [-0.4, -0.2) is 36.0 Å². The summed E-state index contributed by atoms with van der Waals surface area (Å²) < 4.78 is 20.5. The van der Waals surface area contributed by atoms with Gasteiger partial charge in [-0.15, -0.1) is 0 Å². The van der Waals surface area contributed by atoms with Crippen molar-refractivity contribution >= 4 is 29.1 Å². The van der Waals surface area contributed by atoms with Crippen LogP contribution < -0.4 is 9.64 Å². The van der Waals surface area contributed by atoms with Crippen LogP contribution in [0.3, 0.4) is 0 Å². The van der Waals surface area contributed by atoms with Gasteiger partial charge in [0.25, 0.3) is 0 Å². The lowest BCUT2D eigenvalue weighted by Crippen LogP contribution is -2.48. The number of carbonyl (C=O) groups excluding carboxylic acids is 3. The summed E-state index contributed by atoms with van der Waals surface area (Å²) in [5, 5.41) is 0. The van der Waals surface area contributed by atoms with E-state index < -0.39 is 29.2 Å². The Morgan fingerprint density at radius 1 is 0.905 bits per heavy atom. The van der Waals surface area contributed by atoms with Gasteiger partial charge in [0.05, 0.1) is 12.6 Å². The number of carbonyl (C=O) groups is 3. The minimum absolute atomic E-state index is 0.227. The van der Waals surface area contributed by atoms with Crippen LogP contribution in [0.5, 0.6) is 5.75 Å². The summed E-state index contributed by atoms with van der Waals surface area (Å²) in [6.45, 7) is 4.18. The van der Waals surface area contributed by atoms with E-state index in [0.29, 0.717) is 45.9 Å². The van der Waals surface area contributed by atoms with Gasteiger partial charge in [-0.05, 0) is 38.1 Å². The molecule has 1 spiro atoms. The average Bonchev–Trinajstić information content (AvgIpc) is 3.43. The number of hydrogen-bond acceptors (Lipinski definition) is 5. The fraction of sp³-hybridized carbons (Fsp3) is 0.194. The van der Waals surface area contributed by atoms with E-state index in [2.05, 4.69) is 0 Å². The summed E-state index contributed by atoms with van der Waals surface area (Å²) in [7, 11) is 0. The van der Waals surface area contributed by atoms with E-state index in [0.717, 1.165) is 5.56 Å². The SMILES string of the molecule is CCOc1ccccc1[C@H]1[C@H](C(=O)c2ccc(C)cc2)N2c3ccc(F)cc3C=C[C@@H]2C12C(=O)c1ccccc1C2=O. The van der Waals surface area contributed by atoms with Gasteiger partial charge < -0.3 is 9.64 Å². The highest BCUT2D eigenvalue weighted by molar-refractivity contribution is 6.32. The van der Waals surface area contributed by atoms with Gasteiger partial charge in [-0.1, -0.05) is 84.4 Å². The summed E-state index contributed by atoms with van der Waals surface area (Å²) in [4.78, 5) is 46.2. The zero-order valence-electron chi connectivity index (χ0n) is 23.2. The van der Waals surface area contributed by atoms with Crippen molar-refractivity contribution in [3.63, 3.8) is 0 Å². The average molecular weight is 558 g/mol. The third-order valence-corrected chi connectivity index (χ3v) is 8.92. The molecule has 2 aliphatic heterocycles. The standard InChI is InChI=1S/C36H28FNO4/c1-3-42-29-11-7-6-10-27(29)31-32(33(39)22-14-12-21(2)13-15-22)38-28-18-17-24(37)20-23(28)16-19-30(38)36(31)34(40)25-8-4-5-9-26(25)35(36)41/h4-20,30-32H,3H2,1-2H3/t30-,31+,32-/m1/s1. The minimum Gasteiger partial charge on any atom is -0.494 e. The zero-order chi connectivity index (χ0) is 29.2. The number of halogens is 1. The Hall–Kier alpha value is -4.84. The van der Waals surface area contributed by atoms with Gasteiger partial charge in [0.15, 0.2) is 17.3 Å². The van der Waals surface area contributed by atoms with Gasteiger partial charge in [-0.3, -0.25) is 14.4 Å². The Morgan fingerprint density at radius 3 is 2.26 bits per heavy atom. The Morgan fingerprint density at radius 2 is 1.57 bits per heavy atom. The van der Waals surface area contributed by atoms with Crippen molar-refractivity contribution in [2.75, 3.05) is 11.5 Å². The molecule has 6 heteroatoms. The number of hydrogen-bond donors (Lipinski definition) is 0. The van der Waals surface area contributed by atoms with Gasteiger partial charge in [0.1, 0.15) is 23.0 Å². The molecule has 0 amide bonds. The molecule has 3 aliphatic rings. The van der Waals surface area contributed by atoms with Crippen LogP contribution in [0.4, 0.5) is 10.1 Å². The molecular formula is C36H28FNO4. The molecule has 0 N–H and O–H groups in total. The molecule has 1 fully saturated rings. The summed E-state index contributed by atoms with van der Waals surface area (Å²) >= 11 is 0. The monoisotopic (exact) mass is 557 g/mol. The Bertz CT molecular complexity index is 1770. The van der Waals surface area contributed by atoms with E-state index in [4.69, 9.17) is 4.74 Å². The van der Waals surface area contributed by atoms with E-state index in [1.165, 1.54) is 12.1 Å². The lowest BCUT2D eigenvalue weighted by molar-refractivity contribution is 0.0664. The number of nitrogens with zero attached hydrogens (tertiary/aromatic N) is 1. The highest BCUT2D eigenvalue weighted by atomic mass is 19.1. The van der Waals surface area contributed by atoms with Gasteiger partial charge in [0.2, 0.25) is 0 Å². The number of ether oxygens (including phenoxy) is 1. The quantitative estimate of drug-likeness (QED) is 0.198. The number of para-hydroxylation sites is 1. The molecule has 7 rings (SSSR count). The summed E-state index contributed by atoms with van der Waals surface area (Å²) in [6.07, 6.45) is 3.55. The van der Waals surface area contributed by atoms with Crippen LogP contribution >= 0.6 is 0 Å². The second-order valence-corrected chi connectivity index (χ2v) is 11.1. The van der Waals surface area contributed by atoms with Crippen LogP contribution in [0, 0.1) is 18.2 Å². The van der Waals surface area contributed by atoms with Crippen molar-refractivity contribution < 1.29 is 23.5 Å². The lowest BCUT2D eigenvalue weighted by Gasteiger charge is -2.37. The van der Waals surface area contributed by atoms with Crippen LogP contribution in [0.15, 0.2) is 97.1 Å². The van der Waals surface area contributed by atoms with Gasteiger partial charge in [0, 0.05) is 39.4 Å². The first-order valence-corrected chi connectivity index (χ1v) is 14.1. The van der Waals surface area contributed by atoms with Crippen molar-refractivity contribution in [2.45, 2.75) is 31.8 Å². The predicted octanol–water partition coefficient (Wildman–Crippen LogP) is 6.85. The highest BCUT2D eigenvalue weighted by Gasteiger charge is 2.71. The predicted molar refractivity (Wildman–Crippen MR) is 159 cm³/mol. The van der Waals surface area contributed by atoms with Gasteiger partial charge in [-0.25, -0.2) is 4.39 Å². The van der Waals surface area contributed by atoms with Crippen molar-refractivity contribution in [1.82, 2.24) is 0 Å². The summed E-state index contributed by atoms with van der Waals surface area (Å²) in [5.74, 6) is -1.65. The van der Waals surface area contributed by atoms with Crippen LogP contribution in [0.25, 0.3) is 6.08 Å². The third kappa shape index (κ3) is 3.51. The lowest BCUT2D eigenvalue weighted by atomic mass is 9.64. The van der Waals surface area contributed by atoms with Crippen molar-refractivity contribution in [3.8, 4) is 5.75 Å². The first kappa shape index (κ1) is 26.1. The number of ketones is 3. The maximum atomic E-state index is 14.8. The Balaban J connectivity index is 1.56. The largest absolute Gasteiger partial charge is 0.494 e. The molecule has 5 nitrogen and oxygen atoms in total. The van der Waals surface area contributed by atoms with E-state index in [1.807, 2.05) is 55.1 Å². The topological polar surface area (TPSA) is 63.7 Å². The third-order valence-electron chi connectivity index (χ3n) is 8.92. The van der Waals surface area contributed by atoms with Gasteiger partial charge in [-0.2, -0.15) is 0 Å². The molecule has 0 unspecified atom stereocenters. The van der Waals surface area contributed by atoms with Crippen molar-refractivity contribution in [1.29, 1.82) is 0 Å². The van der Waals surface area contributed by atoms with E-state index in [-0.39, 0.29) is 17.3 Å².